The van der Waals surface area contributed by atoms with E-state index in [-0.39, 0.29) is 0 Å². The summed E-state index contributed by atoms with van der Waals surface area (Å²) in [4.78, 5) is 1.45. The van der Waals surface area contributed by atoms with Crippen molar-refractivity contribution < 1.29 is 0 Å². The molecule has 2 heteroatoms. The molecule has 0 bridgehead atoms. The van der Waals surface area contributed by atoms with Gasteiger partial charge in [-0.15, -0.1) is 17.3 Å². The molecule has 1 aromatic rings. The van der Waals surface area contributed by atoms with Crippen LogP contribution in [-0.2, 0) is 6.42 Å². The Morgan fingerprint density at radius 3 is 2.53 bits per heavy atom. The minimum atomic E-state index is -1.27. The van der Waals surface area contributed by atoms with Gasteiger partial charge in [0.1, 0.15) is 8.07 Å². The van der Waals surface area contributed by atoms with E-state index in [4.69, 9.17) is 0 Å². The quantitative estimate of drug-likeness (QED) is 0.548. The van der Waals surface area contributed by atoms with E-state index in [1.807, 2.05) is 11.8 Å². The van der Waals surface area contributed by atoms with Gasteiger partial charge in [-0.05, 0) is 42.6 Å². The van der Waals surface area contributed by atoms with Crippen LogP contribution in [-0.4, -0.2) is 13.3 Å². The summed E-state index contributed by atoms with van der Waals surface area (Å²) in [5.74, 6) is 3.63. The van der Waals surface area contributed by atoms with Gasteiger partial charge in [-0.1, -0.05) is 44.9 Å². The molecule has 1 heterocycles. The fraction of sp³-hybridized carbons (Fsp3) is 0.529. The lowest BCUT2D eigenvalue weighted by Crippen LogP contribution is -2.29. The van der Waals surface area contributed by atoms with Gasteiger partial charge >= 0.3 is 0 Å². The molecule has 102 valence electrons. The molecule has 2 rings (SSSR count). The molecule has 0 N–H and O–H groups in total. The standard InChI is InChI=1S/C17H24SSi/c1-4-19(5-2,6-3)14-13-16-12-11-15-9-7-8-10-17(15)18-16/h7-10,16H,4-6,11-12H2,1-3H3. The van der Waals surface area contributed by atoms with E-state index in [0.717, 1.165) is 0 Å². The molecule has 0 nitrogen and oxygen atoms in total. The summed E-state index contributed by atoms with van der Waals surface area (Å²) in [6.45, 7) is 6.99. The first-order valence-electron chi connectivity index (χ1n) is 7.50. The molecule has 0 fully saturated rings. The average Bonchev–Trinajstić information content (AvgIpc) is 2.49. The molecule has 1 aliphatic heterocycles. The van der Waals surface area contributed by atoms with Crippen molar-refractivity contribution >= 4 is 19.8 Å². The summed E-state index contributed by atoms with van der Waals surface area (Å²) in [6.07, 6.45) is 2.41. The van der Waals surface area contributed by atoms with E-state index in [9.17, 15) is 0 Å². The van der Waals surface area contributed by atoms with E-state index in [1.54, 1.807) is 0 Å². The van der Waals surface area contributed by atoms with Crippen molar-refractivity contribution in [2.24, 2.45) is 0 Å². The molecule has 0 amide bonds. The van der Waals surface area contributed by atoms with Gasteiger partial charge < -0.3 is 0 Å². The zero-order valence-corrected chi connectivity index (χ0v) is 14.1. The highest BCUT2D eigenvalue weighted by Gasteiger charge is 2.25. The fourth-order valence-corrected chi connectivity index (χ4v) is 6.43. The van der Waals surface area contributed by atoms with Gasteiger partial charge in [0.25, 0.3) is 0 Å². The zero-order valence-electron chi connectivity index (χ0n) is 12.3. The number of benzene rings is 1. The molecule has 1 unspecified atom stereocenters. The first-order valence-corrected chi connectivity index (χ1v) is 11.0. The maximum absolute atomic E-state index is 3.75. The third kappa shape index (κ3) is 3.46. The predicted octanol–water partition coefficient (Wildman–Crippen LogP) is 5.14. The van der Waals surface area contributed by atoms with Crippen LogP contribution in [0.1, 0.15) is 32.8 Å². The van der Waals surface area contributed by atoms with Crippen molar-refractivity contribution in [3.63, 3.8) is 0 Å². The molecule has 1 aliphatic rings. The van der Waals surface area contributed by atoms with Gasteiger partial charge in [0.05, 0.1) is 5.25 Å². The van der Waals surface area contributed by atoms with Crippen molar-refractivity contribution in [3.05, 3.63) is 29.8 Å². The predicted molar refractivity (Wildman–Crippen MR) is 89.4 cm³/mol. The van der Waals surface area contributed by atoms with Crippen molar-refractivity contribution in [2.75, 3.05) is 0 Å². The minimum absolute atomic E-state index is 0.520. The number of hydrogen-bond acceptors (Lipinski definition) is 1. The maximum Gasteiger partial charge on any atom is 0.137 e. The molecule has 0 saturated heterocycles. The molecule has 0 aromatic heterocycles. The number of hydrogen-bond donors (Lipinski definition) is 0. The highest BCUT2D eigenvalue weighted by Crippen LogP contribution is 2.34. The largest absolute Gasteiger partial charge is 0.137 e. The first-order chi connectivity index (χ1) is 9.23. The van der Waals surface area contributed by atoms with Gasteiger partial charge in [-0.2, -0.15) is 0 Å². The Labute approximate surface area is 123 Å². The molecule has 19 heavy (non-hydrogen) atoms. The maximum atomic E-state index is 3.75. The summed E-state index contributed by atoms with van der Waals surface area (Å²) in [5, 5.41) is 0.520. The Hall–Kier alpha value is -0.653. The summed E-state index contributed by atoms with van der Waals surface area (Å²) in [5.41, 5.74) is 5.26. The van der Waals surface area contributed by atoms with Crippen molar-refractivity contribution in [1.82, 2.24) is 0 Å². The summed E-state index contributed by atoms with van der Waals surface area (Å²) in [7, 11) is -1.27. The summed E-state index contributed by atoms with van der Waals surface area (Å²) >= 11 is 1.98. The second kappa shape index (κ2) is 6.68. The molecule has 0 spiro atoms. The van der Waals surface area contributed by atoms with E-state index in [2.05, 4.69) is 56.5 Å². The van der Waals surface area contributed by atoms with Crippen LogP contribution in [0.3, 0.4) is 0 Å². The zero-order chi connectivity index (χ0) is 13.7. The molecular weight excluding hydrogens is 264 g/mol. The Balaban J connectivity index is 2.11. The number of rotatable bonds is 3. The topological polar surface area (TPSA) is 0 Å². The normalized spacial score (nSPS) is 18.4. The smallest absolute Gasteiger partial charge is 0.130 e. The number of fused-ring (bicyclic) bond motifs is 1. The second-order valence-electron chi connectivity index (χ2n) is 5.36. The average molecular weight is 289 g/mol. The fourth-order valence-electron chi connectivity index (χ4n) is 2.67. The van der Waals surface area contributed by atoms with Gasteiger partial charge in [0.15, 0.2) is 0 Å². The lowest BCUT2D eigenvalue weighted by Gasteiger charge is -2.23. The molecule has 0 radical (unpaired) electrons. The highest BCUT2D eigenvalue weighted by molar-refractivity contribution is 8.00. The Bertz CT molecular complexity index is 471. The minimum Gasteiger partial charge on any atom is -0.130 e. The van der Waals surface area contributed by atoms with Crippen molar-refractivity contribution in [2.45, 2.75) is 61.9 Å². The highest BCUT2D eigenvalue weighted by atomic mass is 32.2. The van der Waals surface area contributed by atoms with E-state index >= 15 is 0 Å². The molecule has 1 aromatic carbocycles. The summed E-state index contributed by atoms with van der Waals surface area (Å²) in [6, 6.07) is 12.7. The Kier molecular flexibility index (Phi) is 5.18. The Morgan fingerprint density at radius 1 is 1.16 bits per heavy atom. The molecule has 0 saturated carbocycles. The lowest BCUT2D eigenvalue weighted by atomic mass is 10.1. The lowest BCUT2D eigenvalue weighted by molar-refractivity contribution is 0.833. The van der Waals surface area contributed by atoms with Crippen LogP contribution >= 0.6 is 11.8 Å². The second-order valence-corrected chi connectivity index (χ2v) is 11.5. The van der Waals surface area contributed by atoms with Crippen LogP contribution in [0.25, 0.3) is 0 Å². The molecular formula is C17H24SSi. The van der Waals surface area contributed by atoms with Crippen LogP contribution in [0.2, 0.25) is 18.1 Å². The van der Waals surface area contributed by atoms with Gasteiger partial charge in [0, 0.05) is 4.90 Å². The summed E-state index contributed by atoms with van der Waals surface area (Å²) < 4.78 is 0. The van der Waals surface area contributed by atoms with Crippen LogP contribution in [0.15, 0.2) is 29.2 Å². The molecule has 0 aliphatic carbocycles. The third-order valence-electron chi connectivity index (χ3n) is 4.45. The van der Waals surface area contributed by atoms with Gasteiger partial charge in [-0.25, -0.2) is 0 Å². The van der Waals surface area contributed by atoms with Crippen LogP contribution in [0.4, 0.5) is 0 Å². The van der Waals surface area contributed by atoms with Crippen LogP contribution in [0, 0.1) is 11.5 Å². The van der Waals surface area contributed by atoms with Crippen LogP contribution in [0.5, 0.6) is 0 Å². The number of thioether (sulfide) groups is 1. The monoisotopic (exact) mass is 288 g/mol. The van der Waals surface area contributed by atoms with Gasteiger partial charge in [0.2, 0.25) is 0 Å². The first kappa shape index (κ1) is 14.7. The van der Waals surface area contributed by atoms with Crippen molar-refractivity contribution in [1.29, 1.82) is 0 Å². The van der Waals surface area contributed by atoms with E-state index in [0.29, 0.717) is 5.25 Å². The van der Waals surface area contributed by atoms with E-state index in [1.165, 1.54) is 41.4 Å². The molecule has 1 atom stereocenters. The van der Waals surface area contributed by atoms with Crippen molar-refractivity contribution in [3.8, 4) is 11.5 Å². The SMILES string of the molecule is CC[Si](C#CC1CCc2ccccc2S1)(CC)CC. The van der Waals surface area contributed by atoms with E-state index < -0.39 is 8.07 Å². The third-order valence-corrected chi connectivity index (χ3v) is 10.5. The number of aryl methyl sites for hydroxylation is 1. The van der Waals surface area contributed by atoms with Gasteiger partial charge in [-0.3, -0.25) is 0 Å². The Morgan fingerprint density at radius 2 is 1.84 bits per heavy atom. The van der Waals surface area contributed by atoms with Crippen LogP contribution < -0.4 is 0 Å².